The molecule has 2 fully saturated rings. The van der Waals surface area contributed by atoms with Crippen LogP contribution in [-0.4, -0.2) is 44.1 Å². The Labute approximate surface area is 135 Å². The molecule has 1 aliphatic carbocycles. The number of aromatic amines is 1. The molecule has 2 aromatic rings. The highest BCUT2D eigenvalue weighted by Crippen LogP contribution is 2.32. The molecule has 6 nitrogen and oxygen atoms in total. The number of H-pyrrole nitrogens is 1. The largest absolute Gasteiger partial charge is 0.342 e. The van der Waals surface area contributed by atoms with E-state index in [0.717, 1.165) is 50.0 Å². The predicted molar refractivity (Wildman–Crippen MR) is 86.8 cm³/mol. The van der Waals surface area contributed by atoms with E-state index in [1.165, 1.54) is 19.3 Å². The molecule has 6 heteroatoms. The van der Waals surface area contributed by atoms with Crippen LogP contribution >= 0.6 is 0 Å². The van der Waals surface area contributed by atoms with Crippen LogP contribution in [0, 0.1) is 5.92 Å². The average molecular weight is 313 g/mol. The third-order valence-corrected chi connectivity index (χ3v) is 5.31. The zero-order valence-corrected chi connectivity index (χ0v) is 13.4. The summed E-state index contributed by atoms with van der Waals surface area (Å²) >= 11 is 0. The highest BCUT2D eigenvalue weighted by atomic mass is 16.2. The minimum absolute atomic E-state index is 0.251. The van der Waals surface area contributed by atoms with Crippen LogP contribution in [-0.2, 0) is 4.79 Å². The lowest BCUT2D eigenvalue weighted by atomic mass is 9.86. The van der Waals surface area contributed by atoms with E-state index in [9.17, 15) is 4.79 Å². The number of fused-ring (bicyclic) bond motifs is 1. The number of rotatable bonds is 2. The van der Waals surface area contributed by atoms with Crippen molar-refractivity contribution in [3.05, 3.63) is 18.1 Å². The number of carbonyl (C=O) groups is 1. The van der Waals surface area contributed by atoms with Gasteiger partial charge in [-0.3, -0.25) is 9.89 Å². The fourth-order valence-corrected chi connectivity index (χ4v) is 4.07. The first kappa shape index (κ1) is 14.6. The van der Waals surface area contributed by atoms with Crippen molar-refractivity contribution in [2.24, 2.45) is 5.92 Å². The molecule has 0 spiro atoms. The summed E-state index contributed by atoms with van der Waals surface area (Å²) in [7, 11) is 0. The van der Waals surface area contributed by atoms with Crippen LogP contribution in [0.15, 0.2) is 12.4 Å². The van der Waals surface area contributed by atoms with Crippen LogP contribution in [0.4, 0.5) is 0 Å². The minimum atomic E-state index is 0.251. The molecule has 0 aromatic carbocycles. The number of nitrogens with one attached hydrogen (secondary N) is 1. The summed E-state index contributed by atoms with van der Waals surface area (Å²) in [5.41, 5.74) is 2.55. The quantitative estimate of drug-likeness (QED) is 0.925. The van der Waals surface area contributed by atoms with Crippen LogP contribution in [0.3, 0.4) is 0 Å². The Morgan fingerprint density at radius 2 is 1.91 bits per heavy atom. The van der Waals surface area contributed by atoms with E-state index in [-0.39, 0.29) is 11.8 Å². The van der Waals surface area contributed by atoms with Crippen molar-refractivity contribution >= 4 is 17.1 Å². The number of amides is 1. The van der Waals surface area contributed by atoms with E-state index in [1.807, 2.05) is 0 Å². The van der Waals surface area contributed by atoms with E-state index in [1.54, 1.807) is 12.4 Å². The SMILES string of the molecule is O=C(C1CCCCC1)N1CCC[C@H](c2[nH]nc3nccnc23)C1. The predicted octanol–water partition coefficient (Wildman–Crippen LogP) is 2.64. The van der Waals surface area contributed by atoms with Gasteiger partial charge in [0.1, 0.15) is 5.52 Å². The molecule has 3 heterocycles. The van der Waals surface area contributed by atoms with Crippen LogP contribution in [0.2, 0.25) is 0 Å². The molecular formula is C17H23N5O. The maximum Gasteiger partial charge on any atom is 0.225 e. The normalized spacial score (nSPS) is 23.3. The van der Waals surface area contributed by atoms with Gasteiger partial charge in [0.25, 0.3) is 0 Å². The van der Waals surface area contributed by atoms with Crippen molar-refractivity contribution in [1.29, 1.82) is 0 Å². The zero-order chi connectivity index (χ0) is 15.6. The molecule has 1 saturated heterocycles. The van der Waals surface area contributed by atoms with Gasteiger partial charge in [-0.05, 0) is 25.7 Å². The van der Waals surface area contributed by atoms with Crippen LogP contribution < -0.4 is 0 Å². The third kappa shape index (κ3) is 2.82. The maximum atomic E-state index is 12.8. The number of hydrogen-bond acceptors (Lipinski definition) is 4. The first-order valence-corrected chi connectivity index (χ1v) is 8.76. The van der Waals surface area contributed by atoms with Crippen molar-refractivity contribution in [3.63, 3.8) is 0 Å². The molecule has 2 aliphatic rings. The van der Waals surface area contributed by atoms with E-state index < -0.39 is 0 Å². The van der Waals surface area contributed by atoms with Crippen LogP contribution in [0.5, 0.6) is 0 Å². The molecule has 2 aromatic heterocycles. The minimum Gasteiger partial charge on any atom is -0.342 e. The number of aromatic nitrogens is 4. The van der Waals surface area contributed by atoms with Gasteiger partial charge >= 0.3 is 0 Å². The molecule has 0 radical (unpaired) electrons. The highest BCUT2D eigenvalue weighted by molar-refractivity contribution is 5.79. The first-order valence-electron chi connectivity index (χ1n) is 8.76. The van der Waals surface area contributed by atoms with E-state index in [0.29, 0.717) is 11.6 Å². The molecule has 4 rings (SSSR count). The Balaban J connectivity index is 1.51. The van der Waals surface area contributed by atoms with Gasteiger partial charge in [-0.1, -0.05) is 19.3 Å². The number of carbonyl (C=O) groups excluding carboxylic acids is 1. The fourth-order valence-electron chi connectivity index (χ4n) is 4.07. The molecular weight excluding hydrogens is 290 g/mol. The topological polar surface area (TPSA) is 74.8 Å². The molecule has 1 aliphatic heterocycles. The van der Waals surface area contributed by atoms with Gasteiger partial charge in [-0.2, -0.15) is 5.10 Å². The van der Waals surface area contributed by atoms with Gasteiger partial charge in [0.05, 0.1) is 5.69 Å². The summed E-state index contributed by atoms with van der Waals surface area (Å²) in [5.74, 6) is 0.906. The van der Waals surface area contributed by atoms with Crippen molar-refractivity contribution in [1.82, 2.24) is 25.1 Å². The summed E-state index contributed by atoms with van der Waals surface area (Å²) < 4.78 is 0. The number of piperidine rings is 1. The Morgan fingerprint density at radius 1 is 1.09 bits per heavy atom. The van der Waals surface area contributed by atoms with Gasteiger partial charge in [0, 0.05) is 37.3 Å². The first-order chi connectivity index (χ1) is 11.3. The van der Waals surface area contributed by atoms with Gasteiger partial charge in [0.2, 0.25) is 5.91 Å². The summed E-state index contributed by atoms with van der Waals surface area (Å²) in [6, 6.07) is 0. The maximum absolute atomic E-state index is 12.8. The van der Waals surface area contributed by atoms with Gasteiger partial charge < -0.3 is 4.90 Å². The van der Waals surface area contributed by atoms with Crippen molar-refractivity contribution in [2.45, 2.75) is 50.9 Å². The second-order valence-electron chi connectivity index (χ2n) is 6.82. The van der Waals surface area contributed by atoms with Crippen molar-refractivity contribution < 1.29 is 4.79 Å². The molecule has 1 atom stereocenters. The summed E-state index contributed by atoms with van der Waals surface area (Å²) in [4.78, 5) is 23.5. The molecule has 0 unspecified atom stereocenters. The average Bonchev–Trinajstić information content (AvgIpc) is 3.06. The van der Waals surface area contributed by atoms with E-state index in [4.69, 9.17) is 0 Å². The Morgan fingerprint density at radius 3 is 2.78 bits per heavy atom. The molecule has 0 bridgehead atoms. The number of hydrogen-bond donors (Lipinski definition) is 1. The number of likely N-dealkylation sites (tertiary alicyclic amines) is 1. The Hall–Kier alpha value is -1.98. The lowest BCUT2D eigenvalue weighted by molar-refractivity contribution is -0.137. The standard InChI is InChI=1S/C17H23N5O/c23-17(12-5-2-1-3-6-12)22-10-4-7-13(11-22)14-15-16(21-20-14)19-9-8-18-15/h8-9,12-13H,1-7,10-11H2,(H,19,20,21)/t13-/m0/s1. The summed E-state index contributed by atoms with van der Waals surface area (Å²) in [6.45, 7) is 1.67. The van der Waals surface area contributed by atoms with Gasteiger partial charge in [-0.25, -0.2) is 9.97 Å². The highest BCUT2D eigenvalue weighted by Gasteiger charge is 2.31. The summed E-state index contributed by atoms with van der Waals surface area (Å²) in [5, 5.41) is 7.36. The van der Waals surface area contributed by atoms with Crippen LogP contribution in [0.1, 0.15) is 56.6 Å². The van der Waals surface area contributed by atoms with Crippen molar-refractivity contribution in [3.8, 4) is 0 Å². The number of nitrogens with zero attached hydrogens (tertiary/aromatic N) is 4. The zero-order valence-electron chi connectivity index (χ0n) is 13.4. The summed E-state index contributed by atoms with van der Waals surface area (Å²) in [6.07, 6.45) is 11.3. The third-order valence-electron chi connectivity index (χ3n) is 5.31. The molecule has 122 valence electrons. The van der Waals surface area contributed by atoms with Gasteiger partial charge in [-0.15, -0.1) is 0 Å². The Bertz CT molecular complexity index is 691. The molecule has 1 N–H and O–H groups in total. The van der Waals surface area contributed by atoms with Crippen LogP contribution in [0.25, 0.3) is 11.2 Å². The van der Waals surface area contributed by atoms with E-state index >= 15 is 0 Å². The monoisotopic (exact) mass is 313 g/mol. The Kier molecular flexibility index (Phi) is 3.97. The second kappa shape index (κ2) is 6.26. The molecule has 1 amide bonds. The fraction of sp³-hybridized carbons (Fsp3) is 0.647. The molecule has 1 saturated carbocycles. The second-order valence-corrected chi connectivity index (χ2v) is 6.82. The van der Waals surface area contributed by atoms with Crippen molar-refractivity contribution in [2.75, 3.05) is 13.1 Å². The lowest BCUT2D eigenvalue weighted by Gasteiger charge is -2.35. The molecule has 23 heavy (non-hydrogen) atoms. The lowest BCUT2D eigenvalue weighted by Crippen LogP contribution is -2.43. The van der Waals surface area contributed by atoms with E-state index in [2.05, 4.69) is 25.1 Å². The smallest absolute Gasteiger partial charge is 0.225 e. The van der Waals surface area contributed by atoms with Gasteiger partial charge in [0.15, 0.2) is 5.65 Å².